The molecule has 1 aromatic heterocycles. The molecule has 5 heteroatoms. The number of hydrogen-bond donors (Lipinski definition) is 1. The average molecular weight is 231 g/mol. The molecule has 0 radical (unpaired) electrons. The van der Waals surface area contributed by atoms with E-state index in [-0.39, 0.29) is 0 Å². The van der Waals surface area contributed by atoms with Crippen LogP contribution in [0.15, 0.2) is 12.3 Å². The Morgan fingerprint density at radius 1 is 1.40 bits per heavy atom. The zero-order valence-corrected chi connectivity index (χ0v) is 9.46. The number of nitrogens with zero attached hydrogens (tertiary/aromatic N) is 1. The third-order valence-electron chi connectivity index (χ3n) is 1.66. The number of ether oxygens (including phenoxy) is 2. The highest BCUT2D eigenvalue weighted by Gasteiger charge is 2.02. The third-order valence-corrected chi connectivity index (χ3v) is 1.87. The number of halogens is 1. The summed E-state index contributed by atoms with van der Waals surface area (Å²) in [7, 11) is 0. The molecule has 0 aromatic carbocycles. The number of rotatable bonds is 6. The van der Waals surface area contributed by atoms with E-state index in [4.69, 9.17) is 26.8 Å². The van der Waals surface area contributed by atoms with Crippen molar-refractivity contribution in [2.24, 2.45) is 0 Å². The van der Waals surface area contributed by atoms with Gasteiger partial charge in [-0.2, -0.15) is 0 Å². The molecule has 2 N–H and O–H groups in total. The van der Waals surface area contributed by atoms with Gasteiger partial charge in [-0.15, -0.1) is 0 Å². The van der Waals surface area contributed by atoms with Crippen LogP contribution < -0.4 is 10.5 Å². The largest absolute Gasteiger partial charge is 0.474 e. The summed E-state index contributed by atoms with van der Waals surface area (Å²) in [5, 5.41) is 0.502. The summed E-state index contributed by atoms with van der Waals surface area (Å²) in [5.74, 6) is 0.402. The summed E-state index contributed by atoms with van der Waals surface area (Å²) in [6.45, 7) is 3.78. The first-order valence-corrected chi connectivity index (χ1v) is 5.23. The van der Waals surface area contributed by atoms with Gasteiger partial charge in [-0.05, 0) is 12.5 Å². The fourth-order valence-corrected chi connectivity index (χ4v) is 1.17. The van der Waals surface area contributed by atoms with Gasteiger partial charge in [0, 0.05) is 12.8 Å². The first-order valence-electron chi connectivity index (χ1n) is 4.85. The number of nitrogen functional groups attached to an aromatic ring is 1. The molecule has 1 aromatic rings. The van der Waals surface area contributed by atoms with Crippen LogP contribution >= 0.6 is 11.6 Å². The molecule has 0 atom stereocenters. The van der Waals surface area contributed by atoms with Crippen LogP contribution in [0.1, 0.15) is 13.3 Å². The first kappa shape index (κ1) is 12.1. The molecule has 0 aliphatic carbocycles. The number of pyridine rings is 1. The topological polar surface area (TPSA) is 57.4 Å². The molecule has 0 fully saturated rings. The maximum Gasteiger partial charge on any atom is 0.237 e. The van der Waals surface area contributed by atoms with Crippen LogP contribution in [0, 0.1) is 0 Å². The molecule has 0 aliphatic heterocycles. The minimum Gasteiger partial charge on any atom is -0.474 e. The molecule has 0 amide bonds. The van der Waals surface area contributed by atoms with Crippen molar-refractivity contribution < 1.29 is 9.47 Å². The molecule has 15 heavy (non-hydrogen) atoms. The van der Waals surface area contributed by atoms with Crippen molar-refractivity contribution in [1.29, 1.82) is 0 Å². The minimum absolute atomic E-state index is 0.402. The number of aromatic nitrogens is 1. The Labute approximate surface area is 94.3 Å². The molecular weight excluding hydrogens is 216 g/mol. The van der Waals surface area contributed by atoms with Crippen LogP contribution in [0.5, 0.6) is 5.88 Å². The molecule has 1 heterocycles. The lowest BCUT2D eigenvalue weighted by Gasteiger charge is -2.07. The van der Waals surface area contributed by atoms with Gasteiger partial charge in [-0.1, -0.05) is 18.5 Å². The van der Waals surface area contributed by atoms with Crippen LogP contribution in [-0.2, 0) is 4.74 Å². The smallest absolute Gasteiger partial charge is 0.237 e. The predicted molar refractivity (Wildman–Crippen MR) is 60.3 cm³/mol. The molecule has 1 rings (SSSR count). The van der Waals surface area contributed by atoms with Crippen molar-refractivity contribution >= 4 is 17.3 Å². The fraction of sp³-hybridized carbons (Fsp3) is 0.500. The standard InChI is InChI=1S/C10H15ClN2O2/c1-2-3-14-4-5-15-10-9(12)6-8(11)7-13-10/h6-7H,2-5,12H2,1H3. The first-order chi connectivity index (χ1) is 7.24. The lowest BCUT2D eigenvalue weighted by Crippen LogP contribution is -2.09. The molecule has 4 nitrogen and oxygen atoms in total. The quantitative estimate of drug-likeness (QED) is 0.761. The molecular formula is C10H15ClN2O2. The number of nitrogens with two attached hydrogens (primary N) is 1. The van der Waals surface area contributed by atoms with Gasteiger partial charge in [-0.3, -0.25) is 0 Å². The summed E-state index contributed by atoms with van der Waals surface area (Å²) in [6.07, 6.45) is 2.50. The Bertz CT molecular complexity index is 307. The van der Waals surface area contributed by atoms with E-state index in [1.807, 2.05) is 0 Å². The van der Waals surface area contributed by atoms with Gasteiger partial charge in [0.25, 0.3) is 0 Å². The highest BCUT2D eigenvalue weighted by molar-refractivity contribution is 6.30. The van der Waals surface area contributed by atoms with Crippen LogP contribution in [0.25, 0.3) is 0 Å². The Hall–Kier alpha value is -1.00. The van der Waals surface area contributed by atoms with E-state index in [0.29, 0.717) is 29.8 Å². The highest BCUT2D eigenvalue weighted by Crippen LogP contribution is 2.21. The third kappa shape index (κ3) is 4.36. The molecule has 0 unspecified atom stereocenters. The van der Waals surface area contributed by atoms with E-state index in [1.54, 1.807) is 6.07 Å². The van der Waals surface area contributed by atoms with Crippen molar-refractivity contribution in [1.82, 2.24) is 4.98 Å². The van der Waals surface area contributed by atoms with E-state index in [9.17, 15) is 0 Å². The van der Waals surface area contributed by atoms with Crippen molar-refractivity contribution in [3.8, 4) is 5.88 Å². The second-order valence-corrected chi connectivity index (χ2v) is 3.45. The highest BCUT2D eigenvalue weighted by atomic mass is 35.5. The van der Waals surface area contributed by atoms with Crippen molar-refractivity contribution in [2.75, 3.05) is 25.6 Å². The molecule has 0 saturated carbocycles. The average Bonchev–Trinajstić information content (AvgIpc) is 2.20. The van der Waals surface area contributed by atoms with Gasteiger partial charge in [-0.25, -0.2) is 4.98 Å². The van der Waals surface area contributed by atoms with E-state index in [2.05, 4.69) is 11.9 Å². The van der Waals surface area contributed by atoms with Crippen molar-refractivity contribution in [3.05, 3.63) is 17.3 Å². The SMILES string of the molecule is CCCOCCOc1ncc(Cl)cc1N. The van der Waals surface area contributed by atoms with Crippen LogP contribution in [0.4, 0.5) is 5.69 Å². The van der Waals surface area contributed by atoms with Gasteiger partial charge in [0.15, 0.2) is 0 Å². The number of hydrogen-bond acceptors (Lipinski definition) is 4. The van der Waals surface area contributed by atoms with E-state index >= 15 is 0 Å². The predicted octanol–water partition coefficient (Wildman–Crippen LogP) is 2.12. The normalized spacial score (nSPS) is 10.3. The summed E-state index contributed by atoms with van der Waals surface area (Å²) in [6, 6.07) is 1.61. The second kappa shape index (κ2) is 6.48. The van der Waals surface area contributed by atoms with Crippen LogP contribution in [0.3, 0.4) is 0 Å². The van der Waals surface area contributed by atoms with Crippen molar-refractivity contribution in [2.45, 2.75) is 13.3 Å². The molecule has 84 valence electrons. The second-order valence-electron chi connectivity index (χ2n) is 3.01. The zero-order valence-electron chi connectivity index (χ0n) is 8.70. The van der Waals surface area contributed by atoms with Crippen LogP contribution in [-0.4, -0.2) is 24.8 Å². The van der Waals surface area contributed by atoms with E-state index < -0.39 is 0 Å². The lowest BCUT2D eigenvalue weighted by molar-refractivity contribution is 0.0993. The Balaban J connectivity index is 2.31. The molecule has 0 bridgehead atoms. The van der Waals surface area contributed by atoms with Crippen molar-refractivity contribution in [3.63, 3.8) is 0 Å². The minimum atomic E-state index is 0.402. The summed E-state index contributed by atoms with van der Waals surface area (Å²) in [4.78, 5) is 3.96. The van der Waals surface area contributed by atoms with Gasteiger partial charge >= 0.3 is 0 Å². The maximum atomic E-state index is 5.70. The van der Waals surface area contributed by atoms with Gasteiger partial charge in [0.2, 0.25) is 5.88 Å². The van der Waals surface area contributed by atoms with Gasteiger partial charge in [0.05, 0.1) is 17.3 Å². The molecule has 0 aliphatic rings. The monoisotopic (exact) mass is 230 g/mol. The zero-order chi connectivity index (χ0) is 11.1. The Kier molecular flexibility index (Phi) is 5.21. The lowest BCUT2D eigenvalue weighted by atomic mass is 10.4. The Morgan fingerprint density at radius 2 is 2.20 bits per heavy atom. The van der Waals surface area contributed by atoms with Crippen LogP contribution in [0.2, 0.25) is 5.02 Å². The Morgan fingerprint density at radius 3 is 2.87 bits per heavy atom. The number of anilines is 1. The molecule has 0 spiro atoms. The fourth-order valence-electron chi connectivity index (χ4n) is 1.01. The summed E-state index contributed by atoms with van der Waals surface area (Å²) >= 11 is 5.70. The van der Waals surface area contributed by atoms with E-state index in [0.717, 1.165) is 13.0 Å². The van der Waals surface area contributed by atoms with Gasteiger partial charge < -0.3 is 15.2 Å². The maximum absolute atomic E-state index is 5.70. The molecule has 0 saturated heterocycles. The van der Waals surface area contributed by atoms with Gasteiger partial charge in [0.1, 0.15) is 6.61 Å². The summed E-state index contributed by atoms with van der Waals surface area (Å²) in [5.41, 5.74) is 6.09. The van der Waals surface area contributed by atoms with E-state index in [1.165, 1.54) is 6.20 Å². The summed E-state index contributed by atoms with van der Waals surface area (Å²) < 4.78 is 10.6.